The van der Waals surface area contributed by atoms with Gasteiger partial charge >= 0.3 is 0 Å². The van der Waals surface area contributed by atoms with Gasteiger partial charge in [-0.2, -0.15) is 0 Å². The molecule has 24 heavy (non-hydrogen) atoms. The molecule has 0 radical (unpaired) electrons. The van der Waals surface area contributed by atoms with Gasteiger partial charge in [-0.1, -0.05) is 23.8 Å². The molecule has 1 heterocycles. The molecule has 1 saturated heterocycles. The maximum Gasteiger partial charge on any atom is 0.247 e. The van der Waals surface area contributed by atoms with Crippen LogP contribution in [0.1, 0.15) is 12.5 Å². The summed E-state index contributed by atoms with van der Waals surface area (Å²) in [4.78, 5) is 28.0. The standard InChI is InChI=1S/C18H24N2O3S/c1-13(9-14-7-5-6-8-16(14)23-4)10-17(21)20-12-24-11-15(20)18(22)19(2)3/h5-8,10,15H,9,11-12H2,1-4H3/b13-10-/t15-/m0/s1. The zero-order chi connectivity index (χ0) is 17.7. The summed E-state index contributed by atoms with van der Waals surface area (Å²) in [6, 6.07) is 7.41. The summed E-state index contributed by atoms with van der Waals surface area (Å²) in [5, 5.41) is 0. The molecule has 5 nitrogen and oxygen atoms in total. The molecular weight excluding hydrogens is 324 g/mol. The van der Waals surface area contributed by atoms with Crippen LogP contribution in [-0.2, 0) is 16.0 Å². The summed E-state index contributed by atoms with van der Waals surface area (Å²) in [7, 11) is 5.08. The van der Waals surface area contributed by atoms with Crippen LogP contribution >= 0.6 is 11.8 Å². The van der Waals surface area contributed by atoms with Crippen molar-refractivity contribution in [2.75, 3.05) is 32.8 Å². The van der Waals surface area contributed by atoms with Crippen LogP contribution in [0.5, 0.6) is 5.75 Å². The fourth-order valence-corrected chi connectivity index (χ4v) is 3.81. The Kier molecular flexibility index (Phi) is 6.31. The second-order valence-electron chi connectivity index (χ2n) is 6.04. The lowest BCUT2D eigenvalue weighted by Gasteiger charge is -2.24. The molecule has 6 heteroatoms. The molecule has 1 aromatic rings. The summed E-state index contributed by atoms with van der Waals surface area (Å²) in [5.74, 6) is 1.90. The monoisotopic (exact) mass is 348 g/mol. The van der Waals surface area contributed by atoms with Crippen LogP contribution in [0.15, 0.2) is 35.9 Å². The largest absolute Gasteiger partial charge is 0.496 e. The lowest BCUT2D eigenvalue weighted by Crippen LogP contribution is -2.46. The number of para-hydroxylation sites is 1. The van der Waals surface area contributed by atoms with Gasteiger partial charge in [-0.3, -0.25) is 9.59 Å². The van der Waals surface area contributed by atoms with Gasteiger partial charge in [0.15, 0.2) is 0 Å². The predicted octanol–water partition coefficient (Wildman–Crippen LogP) is 2.17. The lowest BCUT2D eigenvalue weighted by atomic mass is 10.0. The smallest absolute Gasteiger partial charge is 0.247 e. The molecule has 0 spiro atoms. The number of rotatable bonds is 5. The van der Waals surface area contributed by atoms with Gasteiger partial charge in [-0.25, -0.2) is 0 Å². The van der Waals surface area contributed by atoms with E-state index in [1.165, 1.54) is 0 Å². The van der Waals surface area contributed by atoms with Crippen LogP contribution < -0.4 is 4.74 Å². The summed E-state index contributed by atoms with van der Waals surface area (Å²) in [5.41, 5.74) is 1.98. The van der Waals surface area contributed by atoms with Gasteiger partial charge in [0.05, 0.1) is 13.0 Å². The number of amides is 2. The van der Waals surface area contributed by atoms with Crippen LogP contribution in [0.3, 0.4) is 0 Å². The molecule has 1 fully saturated rings. The minimum absolute atomic E-state index is 0.0240. The van der Waals surface area contributed by atoms with Gasteiger partial charge in [0.1, 0.15) is 11.8 Å². The SMILES string of the molecule is COc1ccccc1C/C(C)=C\C(=O)N1CSC[C@H]1C(=O)N(C)C. The second-order valence-corrected chi connectivity index (χ2v) is 7.04. The van der Waals surface area contributed by atoms with Crippen molar-refractivity contribution in [2.24, 2.45) is 0 Å². The molecule has 0 bridgehead atoms. The molecule has 0 saturated carbocycles. The van der Waals surface area contributed by atoms with Crippen molar-refractivity contribution in [3.05, 3.63) is 41.5 Å². The van der Waals surface area contributed by atoms with E-state index in [1.54, 1.807) is 48.8 Å². The number of allylic oxidation sites excluding steroid dienone is 1. The van der Waals surface area contributed by atoms with Gasteiger partial charge in [0, 0.05) is 25.9 Å². The molecule has 2 amide bonds. The molecule has 1 aliphatic heterocycles. The molecular formula is C18H24N2O3S. The molecule has 130 valence electrons. The number of methoxy groups -OCH3 is 1. The lowest BCUT2D eigenvalue weighted by molar-refractivity contribution is -0.139. The molecule has 0 N–H and O–H groups in total. The van der Waals surface area contributed by atoms with E-state index in [9.17, 15) is 9.59 Å². The maximum absolute atomic E-state index is 12.6. The van der Waals surface area contributed by atoms with E-state index in [0.29, 0.717) is 18.1 Å². The number of likely N-dealkylation sites (N-methyl/N-ethyl adjacent to an activating group) is 1. The summed E-state index contributed by atoms with van der Waals surface area (Å²) >= 11 is 1.61. The number of carbonyl (C=O) groups is 2. The van der Waals surface area contributed by atoms with E-state index in [2.05, 4.69) is 0 Å². The van der Waals surface area contributed by atoms with Crippen LogP contribution in [-0.4, -0.2) is 60.5 Å². The minimum atomic E-state index is -0.368. The van der Waals surface area contributed by atoms with Crippen molar-refractivity contribution in [3.63, 3.8) is 0 Å². The Morgan fingerprint density at radius 2 is 2.08 bits per heavy atom. The summed E-state index contributed by atoms with van der Waals surface area (Å²) in [6.07, 6.45) is 2.28. The third kappa shape index (κ3) is 4.32. The third-order valence-electron chi connectivity index (χ3n) is 3.92. The molecule has 1 atom stereocenters. The molecule has 0 unspecified atom stereocenters. The number of hydrogen-bond acceptors (Lipinski definition) is 4. The van der Waals surface area contributed by atoms with E-state index < -0.39 is 0 Å². The Hall–Kier alpha value is -1.95. The Bertz CT molecular complexity index is 643. The van der Waals surface area contributed by atoms with Crippen LogP contribution in [0.2, 0.25) is 0 Å². The highest BCUT2D eigenvalue weighted by Crippen LogP contribution is 2.24. The maximum atomic E-state index is 12.6. The number of thioether (sulfide) groups is 1. The quantitative estimate of drug-likeness (QED) is 0.765. The molecule has 0 aliphatic carbocycles. The average Bonchev–Trinajstić information content (AvgIpc) is 3.04. The average molecular weight is 348 g/mol. The predicted molar refractivity (Wildman–Crippen MR) is 97.1 cm³/mol. The highest BCUT2D eigenvalue weighted by molar-refractivity contribution is 7.99. The Morgan fingerprint density at radius 3 is 2.75 bits per heavy atom. The van der Waals surface area contributed by atoms with Crippen molar-refractivity contribution in [1.82, 2.24) is 9.80 Å². The minimum Gasteiger partial charge on any atom is -0.496 e. The first-order valence-electron chi connectivity index (χ1n) is 7.82. The zero-order valence-electron chi connectivity index (χ0n) is 14.6. The number of nitrogens with zero attached hydrogens (tertiary/aromatic N) is 2. The van der Waals surface area contributed by atoms with E-state index in [0.717, 1.165) is 16.9 Å². The third-order valence-corrected chi connectivity index (χ3v) is 4.94. The van der Waals surface area contributed by atoms with Crippen molar-refractivity contribution in [2.45, 2.75) is 19.4 Å². The van der Waals surface area contributed by atoms with E-state index >= 15 is 0 Å². The number of carbonyl (C=O) groups excluding carboxylic acids is 2. The Labute approximate surface area is 147 Å². The topological polar surface area (TPSA) is 49.9 Å². The summed E-state index contributed by atoms with van der Waals surface area (Å²) < 4.78 is 5.35. The highest BCUT2D eigenvalue weighted by atomic mass is 32.2. The zero-order valence-corrected chi connectivity index (χ0v) is 15.4. The van der Waals surface area contributed by atoms with Crippen molar-refractivity contribution >= 4 is 23.6 Å². The first-order valence-corrected chi connectivity index (χ1v) is 8.98. The number of ether oxygens (including phenoxy) is 1. The fourth-order valence-electron chi connectivity index (χ4n) is 2.66. The second kappa shape index (κ2) is 8.24. The first kappa shape index (κ1) is 18.4. The first-order chi connectivity index (χ1) is 11.4. The summed E-state index contributed by atoms with van der Waals surface area (Å²) in [6.45, 7) is 1.93. The van der Waals surface area contributed by atoms with Crippen molar-refractivity contribution in [3.8, 4) is 5.75 Å². The van der Waals surface area contributed by atoms with Gasteiger partial charge in [0.25, 0.3) is 0 Å². The number of hydrogen-bond donors (Lipinski definition) is 0. The molecule has 1 aromatic carbocycles. The highest BCUT2D eigenvalue weighted by Gasteiger charge is 2.34. The Balaban J connectivity index is 2.09. The van der Waals surface area contributed by atoms with Crippen molar-refractivity contribution in [1.29, 1.82) is 0 Å². The molecule has 1 aliphatic rings. The van der Waals surface area contributed by atoms with Crippen LogP contribution in [0, 0.1) is 0 Å². The van der Waals surface area contributed by atoms with Crippen LogP contribution in [0.25, 0.3) is 0 Å². The Morgan fingerprint density at radius 1 is 1.38 bits per heavy atom. The van der Waals surface area contributed by atoms with Gasteiger partial charge < -0.3 is 14.5 Å². The van der Waals surface area contributed by atoms with E-state index in [-0.39, 0.29) is 17.9 Å². The molecule has 2 rings (SSSR count). The van der Waals surface area contributed by atoms with Gasteiger partial charge in [0.2, 0.25) is 11.8 Å². The van der Waals surface area contributed by atoms with E-state index in [1.807, 2.05) is 31.2 Å². The number of benzene rings is 1. The normalized spacial score (nSPS) is 17.8. The van der Waals surface area contributed by atoms with E-state index in [4.69, 9.17) is 4.74 Å². The van der Waals surface area contributed by atoms with Crippen molar-refractivity contribution < 1.29 is 14.3 Å². The fraction of sp³-hybridized carbons (Fsp3) is 0.444. The van der Waals surface area contributed by atoms with Gasteiger partial charge in [-0.05, 0) is 25.0 Å². The van der Waals surface area contributed by atoms with Gasteiger partial charge in [-0.15, -0.1) is 11.8 Å². The van der Waals surface area contributed by atoms with Crippen LogP contribution in [0.4, 0.5) is 0 Å². The molecule has 0 aromatic heterocycles.